The molecule has 3 nitrogen and oxygen atoms in total. The summed E-state index contributed by atoms with van der Waals surface area (Å²) in [6, 6.07) is 0.591. The lowest BCUT2D eigenvalue weighted by atomic mass is 10.2. The molecule has 1 saturated carbocycles. The lowest BCUT2D eigenvalue weighted by molar-refractivity contribution is -0.130. The van der Waals surface area contributed by atoms with Crippen molar-refractivity contribution in [3.8, 4) is 0 Å². The van der Waals surface area contributed by atoms with Crippen molar-refractivity contribution in [1.82, 2.24) is 10.2 Å². The van der Waals surface area contributed by atoms with Gasteiger partial charge in [-0.05, 0) is 12.8 Å². The SMILES string of the molecule is CC1CN(C(=O)CNC2CCCC2)CC(C)S1. The van der Waals surface area contributed by atoms with Gasteiger partial charge < -0.3 is 10.2 Å². The summed E-state index contributed by atoms with van der Waals surface area (Å²) in [5, 5.41) is 4.57. The van der Waals surface area contributed by atoms with Crippen LogP contribution in [0.5, 0.6) is 0 Å². The van der Waals surface area contributed by atoms with E-state index in [0.29, 0.717) is 23.1 Å². The highest BCUT2D eigenvalue weighted by atomic mass is 32.2. The van der Waals surface area contributed by atoms with E-state index in [1.807, 2.05) is 16.7 Å². The molecule has 0 aromatic heterocycles. The molecule has 0 bridgehead atoms. The number of hydrogen-bond acceptors (Lipinski definition) is 3. The Kier molecular flexibility index (Phi) is 4.74. The molecule has 0 aromatic carbocycles. The van der Waals surface area contributed by atoms with Crippen molar-refractivity contribution in [1.29, 1.82) is 0 Å². The molecular weight excluding hydrogens is 232 g/mol. The second kappa shape index (κ2) is 6.10. The fraction of sp³-hybridized carbons (Fsp3) is 0.923. The van der Waals surface area contributed by atoms with Gasteiger partial charge >= 0.3 is 0 Å². The molecule has 1 aliphatic heterocycles. The number of nitrogens with one attached hydrogen (secondary N) is 1. The Morgan fingerprint density at radius 3 is 2.41 bits per heavy atom. The van der Waals surface area contributed by atoms with Gasteiger partial charge in [-0.2, -0.15) is 11.8 Å². The van der Waals surface area contributed by atoms with Crippen LogP contribution in [0.4, 0.5) is 0 Å². The lowest BCUT2D eigenvalue weighted by Crippen LogP contribution is -2.48. The Morgan fingerprint density at radius 1 is 1.24 bits per heavy atom. The van der Waals surface area contributed by atoms with Gasteiger partial charge in [0.2, 0.25) is 5.91 Å². The number of thioether (sulfide) groups is 1. The van der Waals surface area contributed by atoms with Crippen LogP contribution in [-0.2, 0) is 4.79 Å². The maximum Gasteiger partial charge on any atom is 0.236 e. The van der Waals surface area contributed by atoms with Crippen LogP contribution < -0.4 is 5.32 Å². The van der Waals surface area contributed by atoms with E-state index >= 15 is 0 Å². The van der Waals surface area contributed by atoms with Crippen molar-refractivity contribution in [3.63, 3.8) is 0 Å². The van der Waals surface area contributed by atoms with E-state index < -0.39 is 0 Å². The van der Waals surface area contributed by atoms with E-state index in [1.54, 1.807) is 0 Å². The van der Waals surface area contributed by atoms with Gasteiger partial charge in [0.25, 0.3) is 0 Å². The number of rotatable bonds is 3. The minimum Gasteiger partial charge on any atom is -0.339 e. The Morgan fingerprint density at radius 2 is 1.82 bits per heavy atom. The van der Waals surface area contributed by atoms with Gasteiger partial charge in [-0.1, -0.05) is 26.7 Å². The van der Waals surface area contributed by atoms with E-state index in [9.17, 15) is 4.79 Å². The van der Waals surface area contributed by atoms with Crippen molar-refractivity contribution in [2.75, 3.05) is 19.6 Å². The third-order valence-corrected chi connectivity index (χ3v) is 4.90. The average molecular weight is 256 g/mol. The predicted molar refractivity (Wildman–Crippen MR) is 73.4 cm³/mol. The first-order chi connectivity index (χ1) is 8.15. The third-order valence-electron chi connectivity index (χ3n) is 3.67. The molecule has 98 valence electrons. The summed E-state index contributed by atoms with van der Waals surface area (Å²) in [5.74, 6) is 0.288. The number of nitrogens with zero attached hydrogens (tertiary/aromatic N) is 1. The second-order valence-corrected chi connectivity index (χ2v) is 7.30. The number of hydrogen-bond donors (Lipinski definition) is 1. The summed E-state index contributed by atoms with van der Waals surface area (Å²) in [6.07, 6.45) is 5.13. The molecule has 0 radical (unpaired) electrons. The van der Waals surface area contributed by atoms with Gasteiger partial charge in [0.1, 0.15) is 0 Å². The van der Waals surface area contributed by atoms with Crippen LogP contribution in [-0.4, -0.2) is 47.0 Å². The lowest BCUT2D eigenvalue weighted by Gasteiger charge is -2.35. The van der Waals surface area contributed by atoms with E-state index in [2.05, 4.69) is 19.2 Å². The molecule has 1 N–H and O–H groups in total. The van der Waals surface area contributed by atoms with Crippen LogP contribution in [0.3, 0.4) is 0 Å². The molecule has 0 aromatic rings. The van der Waals surface area contributed by atoms with Gasteiger partial charge in [0.05, 0.1) is 6.54 Å². The van der Waals surface area contributed by atoms with Crippen LogP contribution in [0.25, 0.3) is 0 Å². The molecule has 2 fully saturated rings. The highest BCUT2D eigenvalue weighted by Crippen LogP contribution is 2.24. The summed E-state index contributed by atoms with van der Waals surface area (Å²) in [6.45, 7) is 6.80. The van der Waals surface area contributed by atoms with E-state index in [1.165, 1.54) is 25.7 Å². The molecule has 2 aliphatic rings. The molecule has 17 heavy (non-hydrogen) atoms. The fourth-order valence-electron chi connectivity index (χ4n) is 2.85. The van der Waals surface area contributed by atoms with Gasteiger partial charge in [-0.3, -0.25) is 4.79 Å². The molecule has 1 aliphatic carbocycles. The molecular formula is C13H24N2OS. The van der Waals surface area contributed by atoms with Gasteiger partial charge in [0.15, 0.2) is 0 Å². The van der Waals surface area contributed by atoms with Gasteiger partial charge in [0, 0.05) is 29.6 Å². The molecule has 4 heteroatoms. The monoisotopic (exact) mass is 256 g/mol. The topological polar surface area (TPSA) is 32.3 Å². The minimum atomic E-state index is 0.288. The normalized spacial score (nSPS) is 30.8. The molecule has 0 spiro atoms. The standard InChI is InChI=1S/C13H24N2OS/c1-10-8-15(9-11(2)17-10)13(16)7-14-12-5-3-4-6-12/h10-12,14H,3-9H2,1-2H3. The van der Waals surface area contributed by atoms with Crippen LogP contribution >= 0.6 is 11.8 Å². The largest absolute Gasteiger partial charge is 0.339 e. The zero-order valence-corrected chi connectivity index (χ0v) is 11.8. The fourth-order valence-corrected chi connectivity index (χ4v) is 4.18. The summed E-state index contributed by atoms with van der Waals surface area (Å²) < 4.78 is 0. The Labute approximate surface area is 109 Å². The third kappa shape index (κ3) is 3.88. The minimum absolute atomic E-state index is 0.288. The summed E-state index contributed by atoms with van der Waals surface area (Å²) >= 11 is 1.99. The summed E-state index contributed by atoms with van der Waals surface area (Å²) in [5.41, 5.74) is 0. The summed E-state index contributed by atoms with van der Waals surface area (Å²) in [4.78, 5) is 14.1. The first-order valence-corrected chi connectivity index (χ1v) is 7.76. The Hall–Kier alpha value is -0.220. The second-order valence-electron chi connectivity index (χ2n) is 5.42. The van der Waals surface area contributed by atoms with Crippen molar-refractivity contribution >= 4 is 17.7 Å². The molecule has 2 rings (SSSR count). The number of carbonyl (C=O) groups excluding carboxylic acids is 1. The van der Waals surface area contributed by atoms with Crippen LogP contribution in [0.1, 0.15) is 39.5 Å². The highest BCUT2D eigenvalue weighted by molar-refractivity contribution is 8.00. The maximum absolute atomic E-state index is 12.1. The Bertz CT molecular complexity index is 256. The number of carbonyl (C=O) groups is 1. The van der Waals surface area contributed by atoms with E-state index in [0.717, 1.165) is 13.1 Å². The zero-order valence-electron chi connectivity index (χ0n) is 10.9. The summed E-state index contributed by atoms with van der Waals surface area (Å²) in [7, 11) is 0. The predicted octanol–water partition coefficient (Wildman–Crippen LogP) is 1.87. The smallest absolute Gasteiger partial charge is 0.236 e. The van der Waals surface area contributed by atoms with E-state index in [4.69, 9.17) is 0 Å². The van der Waals surface area contributed by atoms with Crippen molar-refractivity contribution in [2.45, 2.75) is 56.1 Å². The van der Waals surface area contributed by atoms with E-state index in [-0.39, 0.29) is 5.91 Å². The van der Waals surface area contributed by atoms with Crippen molar-refractivity contribution in [2.24, 2.45) is 0 Å². The zero-order chi connectivity index (χ0) is 12.3. The first kappa shape index (κ1) is 13.2. The maximum atomic E-state index is 12.1. The van der Waals surface area contributed by atoms with Gasteiger partial charge in [-0.25, -0.2) is 0 Å². The molecule has 1 amide bonds. The van der Waals surface area contributed by atoms with Crippen molar-refractivity contribution in [3.05, 3.63) is 0 Å². The van der Waals surface area contributed by atoms with Crippen LogP contribution in [0.2, 0.25) is 0 Å². The van der Waals surface area contributed by atoms with Crippen LogP contribution in [0, 0.1) is 0 Å². The van der Waals surface area contributed by atoms with Crippen molar-refractivity contribution < 1.29 is 4.79 Å². The molecule has 1 saturated heterocycles. The Balaban J connectivity index is 1.74. The molecule has 1 heterocycles. The van der Waals surface area contributed by atoms with Crippen LogP contribution in [0.15, 0.2) is 0 Å². The molecule has 2 atom stereocenters. The average Bonchev–Trinajstić information content (AvgIpc) is 2.77. The quantitative estimate of drug-likeness (QED) is 0.836. The first-order valence-electron chi connectivity index (χ1n) is 6.82. The van der Waals surface area contributed by atoms with Gasteiger partial charge in [-0.15, -0.1) is 0 Å². The molecule has 2 unspecified atom stereocenters. The number of amides is 1. The highest BCUT2D eigenvalue weighted by Gasteiger charge is 2.26.